The molecule has 6 heteroatoms. The number of ether oxygens (including phenoxy) is 1. The minimum Gasteiger partial charge on any atom is -0.372 e. The van der Waals surface area contributed by atoms with Crippen molar-refractivity contribution in [2.45, 2.75) is 12.5 Å². The number of rotatable bonds is 4. The smallest absolute Gasteiger partial charge is 0.276 e. The summed E-state index contributed by atoms with van der Waals surface area (Å²) in [4.78, 5) is 10.5. The quantitative estimate of drug-likeness (QED) is 0.680. The molecule has 0 saturated carbocycles. The number of benzene rings is 1. The molecular weight excluding hydrogens is 276 g/mol. The monoisotopic (exact) mass is 288 g/mol. The summed E-state index contributed by atoms with van der Waals surface area (Å²) in [6.07, 6.45) is 0. The maximum absolute atomic E-state index is 10.9. The van der Waals surface area contributed by atoms with Gasteiger partial charge in [-0.2, -0.15) is 0 Å². The van der Waals surface area contributed by atoms with Gasteiger partial charge in [-0.15, -0.1) is 0 Å². The molecule has 0 fully saturated rings. The van der Waals surface area contributed by atoms with E-state index in [0.717, 1.165) is 0 Å². The lowest BCUT2D eigenvalue weighted by atomic mass is 9.94. The third-order valence-electron chi connectivity index (χ3n) is 2.57. The van der Waals surface area contributed by atoms with E-state index in [-0.39, 0.29) is 12.2 Å². The maximum Gasteiger partial charge on any atom is 0.276 e. The van der Waals surface area contributed by atoms with Crippen LogP contribution in [-0.2, 0) is 10.3 Å². The van der Waals surface area contributed by atoms with Crippen molar-refractivity contribution < 1.29 is 9.66 Å². The zero-order valence-electron chi connectivity index (χ0n) is 9.07. The highest BCUT2D eigenvalue weighted by atomic mass is 79.9. The number of halogens is 1. The summed E-state index contributed by atoms with van der Waals surface area (Å²) in [5.41, 5.74) is 5.23. The van der Waals surface area contributed by atoms with Crippen LogP contribution in [0.15, 0.2) is 22.7 Å². The van der Waals surface area contributed by atoms with Crippen LogP contribution in [0.2, 0.25) is 0 Å². The van der Waals surface area contributed by atoms with Crippen molar-refractivity contribution in [3.63, 3.8) is 0 Å². The van der Waals surface area contributed by atoms with Crippen molar-refractivity contribution >= 4 is 21.6 Å². The summed E-state index contributed by atoms with van der Waals surface area (Å²) < 4.78 is 5.91. The largest absolute Gasteiger partial charge is 0.372 e. The van der Waals surface area contributed by atoms with Crippen LogP contribution in [0.5, 0.6) is 0 Å². The van der Waals surface area contributed by atoms with Crippen molar-refractivity contribution in [2.75, 3.05) is 13.7 Å². The molecule has 1 unspecified atom stereocenters. The minimum atomic E-state index is -0.844. The van der Waals surface area contributed by atoms with Crippen molar-refractivity contribution in [3.05, 3.63) is 38.3 Å². The lowest BCUT2D eigenvalue weighted by molar-refractivity contribution is -0.386. The molecule has 2 N–H and O–H groups in total. The van der Waals surface area contributed by atoms with Gasteiger partial charge in [0.2, 0.25) is 0 Å². The molecule has 1 atom stereocenters. The second kappa shape index (κ2) is 4.90. The molecule has 1 aromatic carbocycles. The van der Waals surface area contributed by atoms with Gasteiger partial charge < -0.3 is 10.5 Å². The zero-order valence-corrected chi connectivity index (χ0v) is 10.7. The van der Waals surface area contributed by atoms with Gasteiger partial charge in [0, 0.05) is 24.2 Å². The molecule has 0 amide bonds. The maximum atomic E-state index is 10.9. The lowest BCUT2D eigenvalue weighted by Crippen LogP contribution is -2.34. The molecule has 0 aliphatic heterocycles. The van der Waals surface area contributed by atoms with Gasteiger partial charge in [0.05, 0.1) is 10.5 Å². The predicted octanol–water partition coefficient (Wildman–Crippen LogP) is 2.18. The van der Waals surface area contributed by atoms with Crippen LogP contribution in [0.25, 0.3) is 0 Å². The molecule has 0 aromatic heterocycles. The van der Waals surface area contributed by atoms with Crippen molar-refractivity contribution in [2.24, 2.45) is 5.73 Å². The third kappa shape index (κ3) is 2.40. The first-order chi connectivity index (χ1) is 7.44. The Labute approximate surface area is 102 Å². The van der Waals surface area contributed by atoms with E-state index in [1.165, 1.54) is 13.2 Å². The van der Waals surface area contributed by atoms with Crippen molar-refractivity contribution in [1.29, 1.82) is 0 Å². The summed E-state index contributed by atoms with van der Waals surface area (Å²) in [6.45, 7) is 1.90. The van der Waals surface area contributed by atoms with E-state index in [9.17, 15) is 10.1 Å². The molecule has 0 heterocycles. The SMILES string of the molecule is COC(C)(CN)c1ccc(Br)cc1[N+](=O)[O-]. The van der Waals surface area contributed by atoms with Gasteiger partial charge in [-0.1, -0.05) is 15.9 Å². The molecule has 0 spiro atoms. The van der Waals surface area contributed by atoms with E-state index >= 15 is 0 Å². The van der Waals surface area contributed by atoms with Crippen LogP contribution in [0.3, 0.4) is 0 Å². The number of nitrogens with two attached hydrogens (primary N) is 1. The van der Waals surface area contributed by atoms with Gasteiger partial charge in [-0.05, 0) is 19.1 Å². The van der Waals surface area contributed by atoms with Crippen LogP contribution in [0, 0.1) is 10.1 Å². The van der Waals surface area contributed by atoms with Crippen molar-refractivity contribution in [3.8, 4) is 0 Å². The first-order valence-electron chi connectivity index (χ1n) is 4.64. The van der Waals surface area contributed by atoms with Gasteiger partial charge in [-0.3, -0.25) is 10.1 Å². The Morgan fingerprint density at radius 3 is 2.69 bits per heavy atom. The molecule has 0 aliphatic rings. The van der Waals surface area contributed by atoms with E-state index in [1.54, 1.807) is 19.1 Å². The molecule has 0 aliphatic carbocycles. The Kier molecular flexibility index (Phi) is 4.01. The highest BCUT2D eigenvalue weighted by molar-refractivity contribution is 9.10. The predicted molar refractivity (Wildman–Crippen MR) is 64.2 cm³/mol. The van der Waals surface area contributed by atoms with Gasteiger partial charge in [-0.25, -0.2) is 0 Å². The Morgan fingerprint density at radius 2 is 2.25 bits per heavy atom. The molecule has 1 aromatic rings. The molecular formula is C10H13BrN2O3. The van der Waals surface area contributed by atoms with Crippen LogP contribution in [0.4, 0.5) is 5.69 Å². The van der Waals surface area contributed by atoms with Gasteiger partial charge in [0.1, 0.15) is 5.60 Å². The second-order valence-corrected chi connectivity index (χ2v) is 4.47. The van der Waals surface area contributed by atoms with E-state index in [0.29, 0.717) is 10.0 Å². The highest BCUT2D eigenvalue weighted by Crippen LogP contribution is 2.33. The molecule has 0 bridgehead atoms. The minimum absolute atomic E-state index is 0.00387. The van der Waals surface area contributed by atoms with Gasteiger partial charge in [0.25, 0.3) is 5.69 Å². The summed E-state index contributed by atoms with van der Waals surface area (Å²) in [6, 6.07) is 4.83. The third-order valence-corrected chi connectivity index (χ3v) is 3.06. The molecule has 1 rings (SSSR count). The fourth-order valence-corrected chi connectivity index (χ4v) is 1.76. The van der Waals surface area contributed by atoms with Crippen LogP contribution >= 0.6 is 15.9 Å². The molecule has 5 nitrogen and oxygen atoms in total. The number of nitro benzene ring substituents is 1. The first kappa shape index (κ1) is 13.1. The standard InChI is InChI=1S/C10H13BrN2O3/c1-10(6-12,16-2)8-4-3-7(11)5-9(8)13(14)15/h3-5H,6,12H2,1-2H3. The first-order valence-corrected chi connectivity index (χ1v) is 5.43. The fraction of sp³-hybridized carbons (Fsp3) is 0.400. The Hall–Kier alpha value is -0.980. The highest BCUT2D eigenvalue weighted by Gasteiger charge is 2.32. The van der Waals surface area contributed by atoms with Crippen LogP contribution in [0.1, 0.15) is 12.5 Å². The second-order valence-electron chi connectivity index (χ2n) is 3.56. The summed E-state index contributed by atoms with van der Waals surface area (Å²) in [5, 5.41) is 10.9. The van der Waals surface area contributed by atoms with Gasteiger partial charge in [0.15, 0.2) is 0 Å². The average molecular weight is 289 g/mol. The van der Waals surface area contributed by atoms with E-state index in [2.05, 4.69) is 15.9 Å². The van der Waals surface area contributed by atoms with E-state index in [1.807, 2.05) is 0 Å². The average Bonchev–Trinajstić information content (AvgIpc) is 2.27. The molecule has 88 valence electrons. The number of methoxy groups -OCH3 is 1. The fourth-order valence-electron chi connectivity index (χ4n) is 1.41. The number of nitro groups is 1. The van der Waals surface area contributed by atoms with Gasteiger partial charge >= 0.3 is 0 Å². The molecule has 0 radical (unpaired) electrons. The Bertz CT molecular complexity index is 405. The van der Waals surface area contributed by atoms with Crippen LogP contribution in [-0.4, -0.2) is 18.6 Å². The summed E-state index contributed by atoms with van der Waals surface area (Å²) in [7, 11) is 1.48. The zero-order chi connectivity index (χ0) is 12.3. The number of hydrogen-bond acceptors (Lipinski definition) is 4. The number of hydrogen-bond donors (Lipinski definition) is 1. The number of nitrogens with zero attached hydrogens (tertiary/aromatic N) is 1. The van der Waals surface area contributed by atoms with Crippen LogP contribution < -0.4 is 5.73 Å². The molecule has 16 heavy (non-hydrogen) atoms. The van der Waals surface area contributed by atoms with E-state index < -0.39 is 10.5 Å². The molecule has 0 saturated heterocycles. The Morgan fingerprint density at radius 1 is 1.62 bits per heavy atom. The Balaban J connectivity index is 3.37. The topological polar surface area (TPSA) is 78.4 Å². The summed E-state index contributed by atoms with van der Waals surface area (Å²) >= 11 is 3.20. The lowest BCUT2D eigenvalue weighted by Gasteiger charge is -2.26. The normalized spacial score (nSPS) is 14.5. The summed E-state index contributed by atoms with van der Waals surface area (Å²) in [5.74, 6) is 0. The van der Waals surface area contributed by atoms with E-state index in [4.69, 9.17) is 10.5 Å². The van der Waals surface area contributed by atoms with Crippen molar-refractivity contribution in [1.82, 2.24) is 0 Å².